The van der Waals surface area contributed by atoms with E-state index in [-0.39, 0.29) is 23.7 Å². The van der Waals surface area contributed by atoms with Crippen molar-refractivity contribution in [1.29, 1.82) is 0 Å². The molecular formula is C21H28FN7O. The van der Waals surface area contributed by atoms with Crippen molar-refractivity contribution in [3.63, 3.8) is 0 Å². The lowest BCUT2D eigenvalue weighted by atomic mass is 10.0. The van der Waals surface area contributed by atoms with E-state index in [4.69, 9.17) is 5.73 Å². The molecule has 8 nitrogen and oxygen atoms in total. The Hall–Kier alpha value is -2.94. The Morgan fingerprint density at radius 3 is 2.60 bits per heavy atom. The van der Waals surface area contributed by atoms with Gasteiger partial charge in [0.25, 0.3) is 0 Å². The second kappa shape index (κ2) is 8.83. The number of nitrogens with one attached hydrogen (secondary N) is 2. The van der Waals surface area contributed by atoms with Gasteiger partial charge in [0.05, 0.1) is 12.1 Å². The van der Waals surface area contributed by atoms with E-state index >= 15 is 0 Å². The van der Waals surface area contributed by atoms with Crippen LogP contribution in [0.5, 0.6) is 0 Å². The number of carbonyl (C=O) groups is 1. The van der Waals surface area contributed by atoms with Gasteiger partial charge in [-0.15, -0.1) is 0 Å². The maximum atomic E-state index is 14.2. The molecule has 2 aromatic rings. The summed E-state index contributed by atoms with van der Waals surface area (Å²) in [5.74, 6) is -0.850. The van der Waals surface area contributed by atoms with Crippen molar-refractivity contribution >= 4 is 29.0 Å². The fourth-order valence-electron chi connectivity index (χ4n) is 4.13. The molecule has 1 aliphatic heterocycles. The quantitative estimate of drug-likeness (QED) is 0.667. The number of piperazine rings is 1. The molecule has 160 valence electrons. The smallest absolute Gasteiger partial charge is 0.229 e. The minimum atomic E-state index is -0.555. The van der Waals surface area contributed by atoms with Gasteiger partial charge in [-0.2, -0.15) is 4.98 Å². The Labute approximate surface area is 175 Å². The molecule has 4 rings (SSSR count). The lowest BCUT2D eigenvalue weighted by Crippen LogP contribution is -2.44. The van der Waals surface area contributed by atoms with Gasteiger partial charge in [0.2, 0.25) is 11.9 Å². The first-order valence-electron chi connectivity index (χ1n) is 10.4. The summed E-state index contributed by atoms with van der Waals surface area (Å²) in [4.78, 5) is 24.6. The van der Waals surface area contributed by atoms with Crippen LogP contribution in [-0.4, -0.2) is 60.0 Å². The minimum absolute atomic E-state index is 0.0831. The topological polar surface area (TPSA) is 99.4 Å². The van der Waals surface area contributed by atoms with Crippen LogP contribution >= 0.6 is 0 Å². The average Bonchev–Trinajstić information content (AvgIpc) is 3.20. The van der Waals surface area contributed by atoms with Crippen molar-refractivity contribution in [2.75, 3.05) is 48.8 Å². The molecule has 2 heterocycles. The van der Waals surface area contributed by atoms with Crippen molar-refractivity contribution in [2.45, 2.75) is 25.3 Å². The van der Waals surface area contributed by atoms with Crippen LogP contribution in [0.3, 0.4) is 0 Å². The molecule has 1 aromatic heterocycles. The number of halogens is 1. The Kier molecular flexibility index (Phi) is 5.98. The van der Waals surface area contributed by atoms with E-state index in [0.717, 1.165) is 50.9 Å². The number of rotatable bonds is 6. The van der Waals surface area contributed by atoms with Gasteiger partial charge in [0.15, 0.2) is 11.6 Å². The molecule has 2 unspecified atom stereocenters. The molecule has 0 spiro atoms. The highest BCUT2D eigenvalue weighted by atomic mass is 19.1. The highest BCUT2D eigenvalue weighted by Crippen LogP contribution is 2.29. The zero-order chi connectivity index (χ0) is 21.1. The van der Waals surface area contributed by atoms with E-state index in [0.29, 0.717) is 12.4 Å². The molecular weight excluding hydrogens is 385 g/mol. The van der Waals surface area contributed by atoms with Gasteiger partial charge < -0.3 is 26.2 Å². The van der Waals surface area contributed by atoms with E-state index in [2.05, 4.69) is 49.6 Å². The Morgan fingerprint density at radius 1 is 1.17 bits per heavy atom. The molecule has 2 atom stereocenters. The number of amides is 1. The average molecular weight is 414 g/mol. The number of anilines is 4. The molecule has 2 fully saturated rings. The van der Waals surface area contributed by atoms with Crippen molar-refractivity contribution in [1.82, 2.24) is 14.9 Å². The molecule has 9 heteroatoms. The fraction of sp³-hybridized carbons (Fsp3) is 0.476. The number of carbonyl (C=O) groups excluding carboxylic acids is 1. The van der Waals surface area contributed by atoms with Gasteiger partial charge in [-0.05, 0) is 44.2 Å². The number of nitrogens with two attached hydrogens (primary N) is 1. The molecule has 1 amide bonds. The normalized spacial score (nSPS) is 22.1. The number of primary amides is 1. The molecule has 1 saturated carbocycles. The van der Waals surface area contributed by atoms with Gasteiger partial charge >= 0.3 is 0 Å². The maximum absolute atomic E-state index is 14.2. The molecule has 0 bridgehead atoms. The zero-order valence-corrected chi connectivity index (χ0v) is 17.1. The molecule has 2 aliphatic rings. The third-order valence-corrected chi connectivity index (χ3v) is 5.94. The maximum Gasteiger partial charge on any atom is 0.229 e. The number of hydrogen-bond donors (Lipinski definition) is 3. The summed E-state index contributed by atoms with van der Waals surface area (Å²) in [6, 6.07) is 7.85. The van der Waals surface area contributed by atoms with E-state index in [1.807, 2.05) is 12.1 Å². The van der Waals surface area contributed by atoms with Gasteiger partial charge in [-0.25, -0.2) is 9.37 Å². The summed E-state index contributed by atoms with van der Waals surface area (Å²) in [5, 5.41) is 6.17. The highest BCUT2D eigenvalue weighted by molar-refractivity contribution is 5.78. The number of hydrogen-bond acceptors (Lipinski definition) is 7. The standard InChI is InChI=1S/C21H28FN7O/c1-28-9-11-29(12-10-28)15-7-5-14(6-8-15)25-21-24-13-17(22)20(27-21)26-18-4-2-3-16(18)19(23)30/h5-8,13,16,18H,2-4,9-12H2,1H3,(H2,23,30)(H2,24,25,26,27). The fourth-order valence-corrected chi connectivity index (χ4v) is 4.13. The number of likely N-dealkylation sites (N-methyl/N-ethyl adjacent to an activating group) is 1. The summed E-state index contributed by atoms with van der Waals surface area (Å²) in [6.45, 7) is 4.12. The van der Waals surface area contributed by atoms with E-state index < -0.39 is 5.82 Å². The summed E-state index contributed by atoms with van der Waals surface area (Å²) >= 11 is 0. The monoisotopic (exact) mass is 413 g/mol. The van der Waals surface area contributed by atoms with Gasteiger partial charge in [0.1, 0.15) is 0 Å². The summed E-state index contributed by atoms with van der Waals surface area (Å²) in [5.41, 5.74) is 7.46. The number of nitrogens with zero attached hydrogens (tertiary/aromatic N) is 4. The summed E-state index contributed by atoms with van der Waals surface area (Å²) in [7, 11) is 2.14. The second-order valence-electron chi connectivity index (χ2n) is 8.04. The third kappa shape index (κ3) is 4.62. The summed E-state index contributed by atoms with van der Waals surface area (Å²) < 4.78 is 14.2. The SMILES string of the molecule is CN1CCN(c2ccc(Nc3ncc(F)c(NC4CCCC4C(N)=O)n3)cc2)CC1. The summed E-state index contributed by atoms with van der Waals surface area (Å²) in [6.07, 6.45) is 3.48. The van der Waals surface area contributed by atoms with Crippen LogP contribution < -0.4 is 21.3 Å². The molecule has 1 aromatic carbocycles. The first-order valence-corrected chi connectivity index (χ1v) is 10.4. The van der Waals surface area contributed by atoms with Gasteiger partial charge in [-0.3, -0.25) is 4.79 Å². The number of benzene rings is 1. The Morgan fingerprint density at radius 2 is 1.90 bits per heavy atom. The van der Waals surface area contributed by atoms with Crippen molar-refractivity contribution in [2.24, 2.45) is 11.7 Å². The van der Waals surface area contributed by atoms with Crippen LogP contribution in [-0.2, 0) is 4.79 Å². The van der Waals surface area contributed by atoms with E-state index in [1.54, 1.807) is 0 Å². The van der Waals surface area contributed by atoms with Crippen LogP contribution in [0.15, 0.2) is 30.5 Å². The minimum Gasteiger partial charge on any atom is -0.369 e. The molecule has 0 radical (unpaired) electrons. The van der Waals surface area contributed by atoms with Crippen LogP contribution in [0, 0.1) is 11.7 Å². The second-order valence-corrected chi connectivity index (χ2v) is 8.04. The van der Waals surface area contributed by atoms with Gasteiger partial charge in [0, 0.05) is 43.6 Å². The molecule has 4 N–H and O–H groups in total. The van der Waals surface area contributed by atoms with Crippen LogP contribution in [0.2, 0.25) is 0 Å². The number of aromatic nitrogens is 2. The predicted octanol–water partition coefficient (Wildman–Crippen LogP) is 2.18. The van der Waals surface area contributed by atoms with Crippen LogP contribution in [0.25, 0.3) is 0 Å². The molecule has 1 saturated heterocycles. The Bertz CT molecular complexity index is 883. The largest absolute Gasteiger partial charge is 0.369 e. The lowest BCUT2D eigenvalue weighted by molar-refractivity contribution is -0.121. The van der Waals surface area contributed by atoms with Crippen molar-refractivity contribution in [3.8, 4) is 0 Å². The highest BCUT2D eigenvalue weighted by Gasteiger charge is 2.32. The first-order chi connectivity index (χ1) is 14.5. The predicted molar refractivity (Wildman–Crippen MR) is 115 cm³/mol. The van der Waals surface area contributed by atoms with Crippen molar-refractivity contribution < 1.29 is 9.18 Å². The zero-order valence-electron chi connectivity index (χ0n) is 17.1. The first kappa shape index (κ1) is 20.3. The lowest BCUT2D eigenvalue weighted by Gasteiger charge is -2.34. The van der Waals surface area contributed by atoms with E-state index in [1.165, 1.54) is 5.69 Å². The van der Waals surface area contributed by atoms with E-state index in [9.17, 15) is 9.18 Å². The Balaban J connectivity index is 1.42. The molecule has 30 heavy (non-hydrogen) atoms. The van der Waals surface area contributed by atoms with Crippen molar-refractivity contribution in [3.05, 3.63) is 36.3 Å². The van der Waals surface area contributed by atoms with Gasteiger partial charge in [-0.1, -0.05) is 6.42 Å². The van der Waals surface area contributed by atoms with Crippen LogP contribution in [0.4, 0.5) is 27.5 Å². The molecule has 1 aliphatic carbocycles. The third-order valence-electron chi connectivity index (χ3n) is 5.94. The van der Waals surface area contributed by atoms with Crippen LogP contribution in [0.1, 0.15) is 19.3 Å².